The molecule has 0 unspecified atom stereocenters. The van der Waals surface area contributed by atoms with Crippen LogP contribution in [0, 0.1) is 5.41 Å². The van der Waals surface area contributed by atoms with E-state index in [1.165, 1.54) is 12.7 Å². The van der Waals surface area contributed by atoms with Crippen molar-refractivity contribution in [2.45, 2.75) is 44.3 Å². The predicted octanol–water partition coefficient (Wildman–Crippen LogP) is 9.01. The van der Waals surface area contributed by atoms with E-state index in [-0.39, 0.29) is 22.4 Å². The summed E-state index contributed by atoms with van der Waals surface area (Å²) in [5.74, 6) is 0.869. The van der Waals surface area contributed by atoms with Crippen LogP contribution < -0.4 is 0 Å². The molecule has 0 N–H and O–H groups in total. The van der Waals surface area contributed by atoms with Crippen molar-refractivity contribution in [1.29, 1.82) is 0 Å². The van der Waals surface area contributed by atoms with Crippen LogP contribution in [-0.4, -0.2) is 29.6 Å². The van der Waals surface area contributed by atoms with E-state index in [1.807, 2.05) is 60.3 Å². The second kappa shape index (κ2) is 13.1. The van der Waals surface area contributed by atoms with Crippen LogP contribution in [0.3, 0.4) is 0 Å². The van der Waals surface area contributed by atoms with Gasteiger partial charge in [-0.15, -0.1) is 0 Å². The third-order valence-corrected chi connectivity index (χ3v) is 9.70. The molecule has 1 saturated carbocycles. The van der Waals surface area contributed by atoms with E-state index in [2.05, 4.69) is 42.5 Å². The molecule has 0 bridgehead atoms. The number of rotatable bonds is 12. The molecule has 4 nitrogen and oxygen atoms in total. The fraction of sp³-hybridized carbons (Fsp3) is 0.286. The number of thioether (sulfide) groups is 1. The highest BCUT2D eigenvalue weighted by molar-refractivity contribution is 7.99. The van der Waals surface area contributed by atoms with E-state index in [4.69, 9.17) is 21.3 Å². The number of ether oxygens (including phenoxy) is 1. The summed E-state index contributed by atoms with van der Waals surface area (Å²) < 4.78 is 4.97. The summed E-state index contributed by atoms with van der Waals surface area (Å²) in [6, 6.07) is 26.3. The van der Waals surface area contributed by atoms with Gasteiger partial charge in [0, 0.05) is 27.0 Å². The summed E-state index contributed by atoms with van der Waals surface area (Å²) in [5.41, 5.74) is 5.99. The number of esters is 1. The SMILES string of the molecule is COC(=O)CC1(CS[C@H](CCc2ccccc2C(C)=O)c2cccc(C=Cc3ccc4ccc(Cl)cc4n3)c2)CC1. The lowest BCUT2D eigenvalue weighted by Crippen LogP contribution is -2.14. The molecule has 1 fully saturated rings. The number of fused-ring (bicyclic) bond motifs is 1. The molecule has 1 atom stereocenters. The maximum absolute atomic E-state index is 12.2. The monoisotopic (exact) mass is 583 g/mol. The van der Waals surface area contributed by atoms with Gasteiger partial charge in [0.25, 0.3) is 0 Å². The minimum absolute atomic E-state index is 0.0372. The predicted molar refractivity (Wildman–Crippen MR) is 170 cm³/mol. The third-order valence-electron chi connectivity index (χ3n) is 7.77. The van der Waals surface area contributed by atoms with E-state index >= 15 is 0 Å². The molecular formula is C35H34ClNO3S. The lowest BCUT2D eigenvalue weighted by Gasteiger charge is -2.22. The number of nitrogens with zero attached hydrogens (tertiary/aromatic N) is 1. The number of aryl methyl sites for hydroxylation is 1. The number of methoxy groups -OCH3 is 1. The van der Waals surface area contributed by atoms with E-state index in [1.54, 1.807) is 6.92 Å². The maximum atomic E-state index is 12.2. The maximum Gasteiger partial charge on any atom is 0.306 e. The van der Waals surface area contributed by atoms with E-state index in [0.717, 1.165) is 64.7 Å². The van der Waals surface area contributed by atoms with Gasteiger partial charge in [-0.05, 0) is 79.0 Å². The number of hydrogen-bond acceptors (Lipinski definition) is 5. The van der Waals surface area contributed by atoms with Crippen LogP contribution in [0.2, 0.25) is 5.02 Å². The molecule has 1 aliphatic rings. The number of benzene rings is 3. The highest BCUT2D eigenvalue weighted by Gasteiger charge is 2.45. The van der Waals surface area contributed by atoms with Gasteiger partial charge in [0.15, 0.2) is 5.78 Å². The molecule has 4 aromatic rings. The molecule has 1 heterocycles. The number of pyridine rings is 1. The molecule has 0 spiro atoms. The molecule has 1 aromatic heterocycles. The van der Waals surface area contributed by atoms with Crippen LogP contribution in [0.1, 0.15) is 70.6 Å². The lowest BCUT2D eigenvalue weighted by atomic mass is 9.97. The van der Waals surface area contributed by atoms with Crippen LogP contribution in [0.5, 0.6) is 0 Å². The zero-order valence-electron chi connectivity index (χ0n) is 23.4. The van der Waals surface area contributed by atoms with E-state index in [9.17, 15) is 9.59 Å². The topological polar surface area (TPSA) is 56.3 Å². The van der Waals surface area contributed by atoms with Crippen LogP contribution in [0.25, 0.3) is 23.1 Å². The summed E-state index contributed by atoms with van der Waals surface area (Å²) in [6.45, 7) is 1.63. The Kier molecular flexibility index (Phi) is 9.26. The van der Waals surface area contributed by atoms with Gasteiger partial charge < -0.3 is 4.74 Å². The van der Waals surface area contributed by atoms with Crippen molar-refractivity contribution in [3.05, 3.63) is 112 Å². The van der Waals surface area contributed by atoms with Gasteiger partial charge in [-0.1, -0.05) is 78.3 Å². The average Bonchev–Trinajstić information content (AvgIpc) is 3.75. The number of Topliss-reactive ketones (excluding diaryl/α,β-unsaturated/α-hetero) is 1. The molecular weight excluding hydrogens is 550 g/mol. The fourth-order valence-corrected chi connectivity index (χ4v) is 6.90. The summed E-state index contributed by atoms with van der Waals surface area (Å²) >= 11 is 8.08. The highest BCUT2D eigenvalue weighted by Crippen LogP contribution is 2.53. The van der Waals surface area contributed by atoms with Crippen molar-refractivity contribution < 1.29 is 14.3 Å². The molecule has 6 heteroatoms. The second-order valence-corrected chi connectivity index (χ2v) is 12.5. The molecule has 1 aliphatic carbocycles. The molecule has 0 aliphatic heterocycles. The van der Waals surface area contributed by atoms with Crippen molar-refractivity contribution in [2.75, 3.05) is 12.9 Å². The Morgan fingerprint density at radius 1 is 1.02 bits per heavy atom. The average molecular weight is 584 g/mol. The van der Waals surface area contributed by atoms with E-state index < -0.39 is 0 Å². The normalized spacial score (nSPS) is 14.7. The summed E-state index contributed by atoms with van der Waals surface area (Å²) in [6.07, 6.45) is 8.41. The Balaban J connectivity index is 1.36. The van der Waals surface area contributed by atoms with Crippen molar-refractivity contribution in [1.82, 2.24) is 4.98 Å². The van der Waals surface area contributed by atoms with Crippen LogP contribution in [0.4, 0.5) is 0 Å². The zero-order valence-corrected chi connectivity index (χ0v) is 25.0. The molecule has 0 radical (unpaired) electrons. The Morgan fingerprint density at radius 2 is 1.83 bits per heavy atom. The molecule has 210 valence electrons. The quantitative estimate of drug-likeness (QED) is 0.123. The highest BCUT2D eigenvalue weighted by atomic mass is 35.5. The molecule has 0 saturated heterocycles. The number of ketones is 1. The van der Waals surface area contributed by atoms with Gasteiger partial charge in [0.1, 0.15) is 0 Å². The first kappa shape index (κ1) is 29.1. The Hall–Kier alpha value is -3.41. The van der Waals surface area contributed by atoms with Crippen LogP contribution in [-0.2, 0) is 16.0 Å². The lowest BCUT2D eigenvalue weighted by molar-refractivity contribution is -0.141. The largest absolute Gasteiger partial charge is 0.469 e. The van der Waals surface area contributed by atoms with E-state index in [0.29, 0.717) is 11.4 Å². The van der Waals surface area contributed by atoms with Crippen LogP contribution in [0.15, 0.2) is 78.9 Å². The number of carbonyl (C=O) groups is 2. The van der Waals surface area contributed by atoms with Gasteiger partial charge in [-0.3, -0.25) is 9.59 Å². The summed E-state index contributed by atoms with van der Waals surface area (Å²) in [7, 11) is 1.46. The van der Waals surface area contributed by atoms with Crippen LogP contribution >= 0.6 is 23.4 Å². The molecule has 0 amide bonds. The molecule has 3 aromatic carbocycles. The zero-order chi connectivity index (χ0) is 28.8. The standard InChI is InChI=1S/C35H34ClNO3S/c1-24(38)31-9-4-3-7-26(31)13-17-33(41-23-35(18-19-35)22-34(39)40-2)28-8-5-6-25(20-28)10-15-30-16-12-27-11-14-29(36)21-32(27)37-30/h3-12,14-16,20-21,33H,13,17-19,22-23H2,1-2H3/t33-/m1/s1. The first-order chi connectivity index (χ1) is 19.8. The number of carbonyl (C=O) groups excluding carboxylic acids is 2. The Labute approximate surface area is 251 Å². The van der Waals surface area contributed by atoms with Gasteiger partial charge in [0.2, 0.25) is 0 Å². The van der Waals surface area contributed by atoms with Gasteiger partial charge in [-0.2, -0.15) is 11.8 Å². The Bertz CT molecular complexity index is 1590. The van der Waals surface area contributed by atoms with Gasteiger partial charge in [0.05, 0.1) is 24.7 Å². The third kappa shape index (κ3) is 7.66. The minimum atomic E-state index is -0.133. The summed E-state index contributed by atoms with van der Waals surface area (Å²) in [5, 5.41) is 1.95. The summed E-state index contributed by atoms with van der Waals surface area (Å²) in [4.78, 5) is 29.0. The molecule has 5 rings (SSSR count). The van der Waals surface area contributed by atoms with Crippen molar-refractivity contribution in [2.24, 2.45) is 5.41 Å². The van der Waals surface area contributed by atoms with Gasteiger partial charge >= 0.3 is 5.97 Å². The van der Waals surface area contributed by atoms with Crippen molar-refractivity contribution >= 4 is 58.2 Å². The smallest absolute Gasteiger partial charge is 0.306 e. The minimum Gasteiger partial charge on any atom is -0.469 e. The molecule has 41 heavy (non-hydrogen) atoms. The van der Waals surface area contributed by atoms with Crippen molar-refractivity contribution in [3.63, 3.8) is 0 Å². The number of hydrogen-bond donors (Lipinski definition) is 0. The second-order valence-electron chi connectivity index (χ2n) is 10.9. The first-order valence-corrected chi connectivity index (χ1v) is 15.4. The first-order valence-electron chi connectivity index (χ1n) is 14.0. The number of aromatic nitrogens is 1. The van der Waals surface area contributed by atoms with Crippen molar-refractivity contribution in [3.8, 4) is 0 Å². The van der Waals surface area contributed by atoms with Gasteiger partial charge in [-0.25, -0.2) is 4.98 Å². The number of halogens is 1. The fourth-order valence-electron chi connectivity index (χ4n) is 5.16. The Morgan fingerprint density at radius 3 is 2.61 bits per heavy atom.